The number of rotatable bonds is 6. The van der Waals surface area contributed by atoms with E-state index in [-0.39, 0.29) is 14.6 Å². The monoisotopic (exact) mass is 428 g/mol. The first-order valence-electron chi connectivity index (χ1n) is 10.8. The molecule has 1 saturated carbocycles. The SMILES string of the molecule is C.CC.CC12COC=C1C2.CN=C/C(C(=NC)C(C)=O)=C(\C)CCc1ccccc1C.[HH]. The summed E-state index contributed by atoms with van der Waals surface area (Å²) in [5.74, 6) is -0.0253. The quantitative estimate of drug-likeness (QED) is 0.467. The van der Waals surface area contributed by atoms with Crippen molar-refractivity contribution < 1.29 is 11.0 Å². The topological polar surface area (TPSA) is 51.0 Å². The fourth-order valence-electron chi connectivity index (χ4n) is 3.35. The van der Waals surface area contributed by atoms with E-state index in [9.17, 15) is 4.79 Å². The number of benzene rings is 1. The highest BCUT2D eigenvalue weighted by Crippen LogP contribution is 2.55. The van der Waals surface area contributed by atoms with Crippen molar-refractivity contribution in [3.63, 3.8) is 0 Å². The molecule has 3 rings (SSSR count). The zero-order chi connectivity index (χ0) is 22.7. The minimum atomic E-state index is -0.0253. The number of aliphatic imine (C=N–C) groups is 2. The van der Waals surface area contributed by atoms with Gasteiger partial charge in [0.1, 0.15) is 5.71 Å². The van der Waals surface area contributed by atoms with Crippen LogP contribution < -0.4 is 0 Å². The summed E-state index contributed by atoms with van der Waals surface area (Å²) in [6, 6.07) is 8.38. The maximum Gasteiger partial charge on any atom is 0.178 e. The third kappa shape index (κ3) is 8.28. The van der Waals surface area contributed by atoms with Crippen molar-refractivity contribution in [3.05, 3.63) is 58.4 Å². The molecule has 0 spiro atoms. The van der Waals surface area contributed by atoms with Crippen LogP contribution in [0.5, 0.6) is 0 Å². The lowest BCUT2D eigenvalue weighted by molar-refractivity contribution is -0.111. The van der Waals surface area contributed by atoms with Gasteiger partial charge in [-0.15, -0.1) is 0 Å². The maximum atomic E-state index is 11.7. The van der Waals surface area contributed by atoms with Gasteiger partial charge in [-0.25, -0.2) is 0 Å². The fourth-order valence-corrected chi connectivity index (χ4v) is 3.35. The van der Waals surface area contributed by atoms with E-state index in [1.807, 2.05) is 33.1 Å². The van der Waals surface area contributed by atoms with Crippen molar-refractivity contribution in [2.45, 2.75) is 68.2 Å². The second-order valence-electron chi connectivity index (χ2n) is 7.83. The van der Waals surface area contributed by atoms with Crippen LogP contribution in [0.15, 0.2) is 57.2 Å². The van der Waals surface area contributed by atoms with E-state index in [4.69, 9.17) is 4.74 Å². The van der Waals surface area contributed by atoms with Crippen LogP contribution in [0.4, 0.5) is 0 Å². The second kappa shape index (κ2) is 13.7. The normalized spacial score (nSPS) is 19.4. The van der Waals surface area contributed by atoms with Gasteiger partial charge < -0.3 is 4.74 Å². The van der Waals surface area contributed by atoms with E-state index in [2.05, 4.69) is 42.0 Å². The summed E-state index contributed by atoms with van der Waals surface area (Å²) in [5.41, 5.74) is 7.13. The molecule has 4 nitrogen and oxygen atoms in total. The molecule has 1 fully saturated rings. The Balaban J connectivity index is 0. The predicted molar refractivity (Wildman–Crippen MR) is 138 cm³/mol. The number of Topliss-reactive ketones (excluding diaryl/α,β-unsaturated/α-hetero) is 1. The van der Waals surface area contributed by atoms with Crippen LogP contribution in [0.25, 0.3) is 0 Å². The molecule has 1 aliphatic carbocycles. The first-order valence-corrected chi connectivity index (χ1v) is 10.8. The lowest BCUT2D eigenvalue weighted by atomic mass is 9.96. The molecule has 2 aliphatic rings. The van der Waals surface area contributed by atoms with Crippen LogP contribution in [0.2, 0.25) is 0 Å². The van der Waals surface area contributed by atoms with Gasteiger partial charge in [-0.2, -0.15) is 0 Å². The Hall–Kier alpha value is -2.49. The van der Waals surface area contributed by atoms with Gasteiger partial charge in [0.2, 0.25) is 0 Å². The number of aryl methyl sites for hydroxylation is 2. The minimum Gasteiger partial charge on any atom is -0.500 e. The van der Waals surface area contributed by atoms with E-state index in [0.29, 0.717) is 11.1 Å². The Labute approximate surface area is 191 Å². The van der Waals surface area contributed by atoms with Gasteiger partial charge >= 0.3 is 0 Å². The summed E-state index contributed by atoms with van der Waals surface area (Å²) in [7, 11) is 3.36. The molecule has 174 valence electrons. The van der Waals surface area contributed by atoms with Crippen molar-refractivity contribution >= 4 is 17.7 Å². The van der Waals surface area contributed by atoms with Crippen LogP contribution in [0.1, 0.15) is 67.4 Å². The molecule has 1 aliphatic heterocycles. The Kier molecular flexibility index (Phi) is 12.6. The highest BCUT2D eigenvalue weighted by atomic mass is 16.5. The van der Waals surface area contributed by atoms with Gasteiger partial charge in [-0.3, -0.25) is 14.8 Å². The predicted octanol–water partition coefficient (Wildman–Crippen LogP) is 6.82. The number of hydrogen-bond acceptors (Lipinski definition) is 4. The van der Waals surface area contributed by atoms with Gasteiger partial charge in [-0.1, -0.05) is 58.0 Å². The van der Waals surface area contributed by atoms with Gasteiger partial charge in [0.05, 0.1) is 12.9 Å². The van der Waals surface area contributed by atoms with Gasteiger partial charge in [0.15, 0.2) is 5.78 Å². The van der Waals surface area contributed by atoms with E-state index >= 15 is 0 Å². The summed E-state index contributed by atoms with van der Waals surface area (Å²) in [5, 5.41) is 0. The average molecular weight is 429 g/mol. The molecule has 0 radical (unpaired) electrons. The lowest BCUT2D eigenvalue weighted by Crippen LogP contribution is -2.16. The zero-order valence-corrected chi connectivity index (χ0v) is 20.0. The molecule has 1 unspecified atom stereocenters. The minimum absolute atomic E-state index is 0. The number of ketones is 1. The number of nitrogens with zero attached hydrogens (tertiary/aromatic N) is 2. The summed E-state index contributed by atoms with van der Waals surface area (Å²) in [6.07, 6.45) is 6.76. The second-order valence-corrected chi connectivity index (χ2v) is 7.83. The standard InChI is InChI=1S/C18H24N2O.C6H8O.C2H6.CH4.H2/c1-13-8-6-7-9-16(13)11-10-14(2)17(12-19-4)18(20-5)15(3)21;1-6-2-5(6)3-7-4-6;1-2;;/h6-9,12H,10-11H2,1-5H3;3H,2,4H2,1H3;1-2H3;1H4;1H/b17-14-,19-12?,20-18?;;;;. The first kappa shape index (κ1) is 28.5. The Morgan fingerprint density at radius 1 is 1.23 bits per heavy atom. The number of ether oxygens (including phenoxy) is 1. The molecule has 0 bridgehead atoms. The summed E-state index contributed by atoms with van der Waals surface area (Å²) < 4.78 is 5.05. The largest absolute Gasteiger partial charge is 0.500 e. The van der Waals surface area contributed by atoms with Gasteiger partial charge in [-0.05, 0) is 49.8 Å². The van der Waals surface area contributed by atoms with Crippen molar-refractivity contribution in [2.24, 2.45) is 15.4 Å². The summed E-state index contributed by atoms with van der Waals surface area (Å²) >= 11 is 0. The van der Waals surface area contributed by atoms with Crippen LogP contribution in [0.3, 0.4) is 0 Å². The Morgan fingerprint density at radius 2 is 1.87 bits per heavy atom. The van der Waals surface area contributed by atoms with Crippen LogP contribution in [-0.2, 0) is 16.0 Å². The third-order valence-corrected chi connectivity index (χ3v) is 5.42. The lowest BCUT2D eigenvalue weighted by Gasteiger charge is -2.10. The van der Waals surface area contributed by atoms with Crippen LogP contribution >= 0.6 is 0 Å². The highest BCUT2D eigenvalue weighted by molar-refractivity contribution is 6.50. The van der Waals surface area contributed by atoms with Gasteiger partial charge in [0, 0.05) is 39.6 Å². The van der Waals surface area contributed by atoms with Crippen molar-refractivity contribution in [2.75, 3.05) is 20.7 Å². The summed E-state index contributed by atoms with van der Waals surface area (Å²) in [6.45, 7) is 12.9. The molecule has 1 heterocycles. The van der Waals surface area contributed by atoms with Crippen LogP contribution in [0, 0.1) is 12.3 Å². The van der Waals surface area contributed by atoms with Crippen molar-refractivity contribution in [3.8, 4) is 0 Å². The Bertz CT molecular complexity index is 853. The van der Waals surface area contributed by atoms with Crippen molar-refractivity contribution in [1.29, 1.82) is 0 Å². The Morgan fingerprint density at radius 3 is 2.26 bits per heavy atom. The number of fused-ring (bicyclic) bond motifs is 1. The van der Waals surface area contributed by atoms with E-state index in [0.717, 1.165) is 30.6 Å². The molecule has 0 saturated heterocycles. The molecule has 0 N–H and O–H groups in total. The fraction of sp³-hybridized carbons (Fsp3) is 0.519. The molecule has 0 aromatic heterocycles. The summed E-state index contributed by atoms with van der Waals surface area (Å²) in [4.78, 5) is 19.9. The zero-order valence-electron chi connectivity index (χ0n) is 20.0. The van der Waals surface area contributed by atoms with Crippen LogP contribution in [-0.4, -0.2) is 38.4 Å². The molecule has 1 aromatic rings. The molecule has 4 heteroatoms. The smallest absolute Gasteiger partial charge is 0.178 e. The highest BCUT2D eigenvalue weighted by Gasteiger charge is 2.48. The molecular formula is C27H44N2O2. The number of hydrogen-bond donors (Lipinski definition) is 0. The average Bonchev–Trinajstić information content (AvgIpc) is 3.24. The molecule has 0 amide bonds. The maximum absolute atomic E-state index is 11.7. The van der Waals surface area contributed by atoms with Gasteiger partial charge in [0.25, 0.3) is 0 Å². The molecule has 1 aromatic carbocycles. The number of carbonyl (C=O) groups excluding carboxylic acids is 1. The van der Waals surface area contributed by atoms with Crippen molar-refractivity contribution in [1.82, 2.24) is 0 Å². The first-order chi connectivity index (χ1) is 14.3. The van der Waals surface area contributed by atoms with E-state index in [1.165, 1.54) is 23.1 Å². The third-order valence-electron chi connectivity index (χ3n) is 5.42. The number of allylic oxidation sites excluding steroid dienone is 2. The van der Waals surface area contributed by atoms with E-state index < -0.39 is 0 Å². The molecule has 1 atom stereocenters. The van der Waals surface area contributed by atoms with E-state index in [1.54, 1.807) is 27.2 Å². The molecular weight excluding hydrogens is 384 g/mol. The molecule has 31 heavy (non-hydrogen) atoms. The number of carbonyl (C=O) groups is 1.